The number of aryl methyl sites for hydroxylation is 2. The van der Waals surface area contributed by atoms with Gasteiger partial charge < -0.3 is 15.2 Å². The molecule has 0 spiro atoms. The maximum atomic E-state index is 12.6. The third-order valence-corrected chi connectivity index (χ3v) is 7.11. The first-order valence-electron chi connectivity index (χ1n) is 11.2. The smallest absolute Gasteiger partial charge is 0.251 e. The van der Waals surface area contributed by atoms with Crippen molar-refractivity contribution in [3.8, 4) is 11.3 Å². The SMILES string of the molecule is CCn1c(CNC(=O)c2ccc(C)cc2)nnc1SCC(=O)Nc1nc(-c2ccccc2)c(C)s1. The predicted octanol–water partition coefficient (Wildman–Crippen LogP) is 4.70. The fraction of sp³-hybridized carbons (Fsp3) is 0.240. The summed E-state index contributed by atoms with van der Waals surface area (Å²) in [7, 11) is 0. The second-order valence-electron chi connectivity index (χ2n) is 7.82. The molecule has 0 bridgehead atoms. The number of carbonyl (C=O) groups is 2. The standard InChI is InChI=1S/C25H26N6O2S2/c1-4-31-20(14-26-23(33)19-12-10-16(2)11-13-19)29-30-25(31)34-15-21(32)27-24-28-22(17(3)35-24)18-8-6-5-7-9-18/h5-13H,4,14-15H2,1-3H3,(H,26,33)(H,27,28,32). The van der Waals surface area contributed by atoms with Crippen molar-refractivity contribution in [3.63, 3.8) is 0 Å². The molecular weight excluding hydrogens is 480 g/mol. The molecule has 0 unspecified atom stereocenters. The summed E-state index contributed by atoms with van der Waals surface area (Å²) in [5.41, 5.74) is 3.59. The number of carbonyl (C=O) groups excluding carboxylic acids is 2. The molecule has 0 radical (unpaired) electrons. The number of nitrogens with zero attached hydrogens (tertiary/aromatic N) is 4. The molecule has 2 heterocycles. The number of nitrogens with one attached hydrogen (secondary N) is 2. The number of thioether (sulfide) groups is 1. The van der Waals surface area contributed by atoms with Crippen molar-refractivity contribution in [2.45, 2.75) is 39.0 Å². The Balaban J connectivity index is 1.33. The molecule has 0 saturated heterocycles. The normalized spacial score (nSPS) is 10.8. The Morgan fingerprint density at radius 2 is 1.77 bits per heavy atom. The van der Waals surface area contributed by atoms with Crippen LogP contribution < -0.4 is 10.6 Å². The molecule has 0 atom stereocenters. The quantitative estimate of drug-likeness (QED) is 0.319. The number of benzene rings is 2. The Labute approximate surface area is 212 Å². The molecule has 0 aliphatic heterocycles. The topological polar surface area (TPSA) is 102 Å². The van der Waals surface area contributed by atoms with Gasteiger partial charge in [0.2, 0.25) is 5.91 Å². The Hall–Kier alpha value is -3.50. The third-order valence-electron chi connectivity index (χ3n) is 5.25. The lowest BCUT2D eigenvalue weighted by Crippen LogP contribution is -2.24. The summed E-state index contributed by atoms with van der Waals surface area (Å²) >= 11 is 2.75. The number of hydrogen-bond donors (Lipinski definition) is 2. The third kappa shape index (κ3) is 6.14. The van der Waals surface area contributed by atoms with Crippen LogP contribution in [0.15, 0.2) is 59.8 Å². The summed E-state index contributed by atoms with van der Waals surface area (Å²) in [6.07, 6.45) is 0. The maximum absolute atomic E-state index is 12.6. The monoisotopic (exact) mass is 506 g/mol. The molecule has 10 heteroatoms. The Morgan fingerprint density at radius 3 is 2.49 bits per heavy atom. The zero-order valence-electron chi connectivity index (χ0n) is 19.7. The molecule has 0 aliphatic carbocycles. The van der Waals surface area contributed by atoms with Gasteiger partial charge in [0, 0.05) is 22.5 Å². The zero-order valence-corrected chi connectivity index (χ0v) is 21.4. The number of rotatable bonds is 9. The van der Waals surface area contributed by atoms with E-state index in [2.05, 4.69) is 25.8 Å². The summed E-state index contributed by atoms with van der Waals surface area (Å²) in [5.74, 6) is 0.479. The fourth-order valence-electron chi connectivity index (χ4n) is 3.44. The molecule has 0 saturated carbocycles. The van der Waals surface area contributed by atoms with Crippen LogP contribution in [0.2, 0.25) is 0 Å². The van der Waals surface area contributed by atoms with Gasteiger partial charge in [-0.15, -0.1) is 21.5 Å². The van der Waals surface area contributed by atoms with Crippen molar-refractivity contribution in [3.05, 3.63) is 76.4 Å². The number of hydrogen-bond acceptors (Lipinski definition) is 7. The van der Waals surface area contributed by atoms with Crippen LogP contribution in [0.1, 0.15) is 33.5 Å². The van der Waals surface area contributed by atoms with E-state index in [1.165, 1.54) is 23.1 Å². The first kappa shape index (κ1) is 24.6. The Kier molecular flexibility index (Phi) is 7.94. The molecule has 35 heavy (non-hydrogen) atoms. The largest absolute Gasteiger partial charge is 0.345 e. The molecular formula is C25H26N6O2S2. The van der Waals surface area contributed by atoms with Crippen molar-refractivity contribution in [2.24, 2.45) is 0 Å². The van der Waals surface area contributed by atoms with Gasteiger partial charge in [-0.25, -0.2) is 4.98 Å². The number of aromatic nitrogens is 4. The molecule has 4 aromatic rings. The van der Waals surface area contributed by atoms with E-state index in [0.717, 1.165) is 21.7 Å². The summed E-state index contributed by atoms with van der Waals surface area (Å²) in [5, 5.41) is 15.4. The number of thiazole rings is 1. The molecule has 2 aromatic carbocycles. The summed E-state index contributed by atoms with van der Waals surface area (Å²) in [6, 6.07) is 17.3. The first-order chi connectivity index (χ1) is 16.9. The van der Waals surface area contributed by atoms with Crippen molar-refractivity contribution in [1.82, 2.24) is 25.1 Å². The van der Waals surface area contributed by atoms with E-state index in [1.807, 2.05) is 67.8 Å². The van der Waals surface area contributed by atoms with E-state index < -0.39 is 0 Å². The highest BCUT2D eigenvalue weighted by Gasteiger charge is 2.16. The molecule has 2 amide bonds. The number of anilines is 1. The fourth-order valence-corrected chi connectivity index (χ4v) is 5.11. The van der Waals surface area contributed by atoms with Gasteiger partial charge in [-0.3, -0.25) is 9.59 Å². The average molecular weight is 507 g/mol. The maximum Gasteiger partial charge on any atom is 0.251 e. The zero-order chi connectivity index (χ0) is 24.8. The van der Waals surface area contributed by atoms with Gasteiger partial charge in [-0.05, 0) is 32.9 Å². The minimum atomic E-state index is -0.169. The Bertz CT molecular complexity index is 1320. The van der Waals surface area contributed by atoms with Crippen LogP contribution in [-0.2, 0) is 17.9 Å². The highest BCUT2D eigenvalue weighted by Crippen LogP contribution is 2.30. The van der Waals surface area contributed by atoms with E-state index in [4.69, 9.17) is 0 Å². The second-order valence-corrected chi connectivity index (χ2v) is 9.96. The molecule has 0 fully saturated rings. The van der Waals surface area contributed by atoms with Crippen LogP contribution in [0.25, 0.3) is 11.3 Å². The minimum absolute atomic E-state index is 0.164. The van der Waals surface area contributed by atoms with Gasteiger partial charge in [0.25, 0.3) is 5.91 Å². The van der Waals surface area contributed by atoms with Crippen molar-refractivity contribution in [1.29, 1.82) is 0 Å². The Morgan fingerprint density at radius 1 is 1.03 bits per heavy atom. The summed E-state index contributed by atoms with van der Waals surface area (Å²) < 4.78 is 1.90. The molecule has 180 valence electrons. The van der Waals surface area contributed by atoms with Crippen LogP contribution >= 0.6 is 23.1 Å². The van der Waals surface area contributed by atoms with Crippen LogP contribution in [0.4, 0.5) is 5.13 Å². The molecule has 0 aliphatic rings. The number of amides is 2. The van der Waals surface area contributed by atoms with Crippen LogP contribution in [0.5, 0.6) is 0 Å². The highest BCUT2D eigenvalue weighted by molar-refractivity contribution is 7.99. The van der Waals surface area contributed by atoms with Crippen LogP contribution in [-0.4, -0.2) is 37.3 Å². The van der Waals surface area contributed by atoms with E-state index in [-0.39, 0.29) is 24.1 Å². The first-order valence-corrected chi connectivity index (χ1v) is 13.0. The predicted molar refractivity (Wildman–Crippen MR) is 140 cm³/mol. The lowest BCUT2D eigenvalue weighted by Gasteiger charge is -2.08. The summed E-state index contributed by atoms with van der Waals surface area (Å²) in [4.78, 5) is 30.6. The summed E-state index contributed by atoms with van der Waals surface area (Å²) in [6.45, 7) is 6.82. The molecule has 8 nitrogen and oxygen atoms in total. The lowest BCUT2D eigenvalue weighted by atomic mass is 10.1. The average Bonchev–Trinajstić information content (AvgIpc) is 3.44. The van der Waals surface area contributed by atoms with Gasteiger partial charge >= 0.3 is 0 Å². The highest BCUT2D eigenvalue weighted by atomic mass is 32.2. The molecule has 2 aromatic heterocycles. The van der Waals surface area contributed by atoms with E-state index in [1.54, 1.807) is 12.1 Å². The van der Waals surface area contributed by atoms with E-state index >= 15 is 0 Å². The van der Waals surface area contributed by atoms with Gasteiger partial charge in [-0.2, -0.15) is 0 Å². The lowest BCUT2D eigenvalue weighted by molar-refractivity contribution is -0.113. The van der Waals surface area contributed by atoms with Crippen LogP contribution in [0.3, 0.4) is 0 Å². The van der Waals surface area contributed by atoms with Crippen molar-refractivity contribution < 1.29 is 9.59 Å². The van der Waals surface area contributed by atoms with Gasteiger partial charge in [-0.1, -0.05) is 59.8 Å². The minimum Gasteiger partial charge on any atom is -0.345 e. The van der Waals surface area contributed by atoms with Crippen LogP contribution in [0, 0.1) is 13.8 Å². The molecule has 4 rings (SSSR count). The van der Waals surface area contributed by atoms with E-state index in [9.17, 15) is 9.59 Å². The van der Waals surface area contributed by atoms with Gasteiger partial charge in [0.15, 0.2) is 16.1 Å². The van der Waals surface area contributed by atoms with Crippen molar-refractivity contribution >= 4 is 40.0 Å². The van der Waals surface area contributed by atoms with Crippen molar-refractivity contribution in [2.75, 3.05) is 11.1 Å². The van der Waals surface area contributed by atoms with Gasteiger partial charge in [0.05, 0.1) is 18.0 Å². The van der Waals surface area contributed by atoms with E-state index in [0.29, 0.717) is 28.2 Å². The van der Waals surface area contributed by atoms with Gasteiger partial charge in [0.1, 0.15) is 0 Å². The molecule has 2 N–H and O–H groups in total. The second kappa shape index (κ2) is 11.3.